The molecule has 3 nitrogen and oxygen atoms in total. The molecule has 1 atom stereocenters. The molecule has 0 saturated carbocycles. The maximum absolute atomic E-state index is 10.8. The highest BCUT2D eigenvalue weighted by Gasteiger charge is 2.26. The molecule has 3 heteroatoms. The quantitative estimate of drug-likeness (QED) is 0.693. The molecule has 0 saturated heterocycles. The van der Waals surface area contributed by atoms with Gasteiger partial charge in [0.15, 0.2) is 0 Å². The molecule has 0 heterocycles. The molecule has 2 aromatic rings. The summed E-state index contributed by atoms with van der Waals surface area (Å²) in [6.45, 7) is 13.9. The second-order valence-electron chi connectivity index (χ2n) is 9.51. The van der Waals surface area contributed by atoms with E-state index in [1.54, 1.807) is 0 Å². The second kappa shape index (κ2) is 8.45. The summed E-state index contributed by atoms with van der Waals surface area (Å²) in [5.74, 6) is 0.385. The van der Waals surface area contributed by atoms with Gasteiger partial charge in [0.2, 0.25) is 0 Å². The van der Waals surface area contributed by atoms with E-state index >= 15 is 0 Å². The SMILES string of the molecule is CC(C)(C)c1cc(C[C@@H](O)CNCc2ccccc2)cc(C(C)(C)C)c1O. The Balaban J connectivity index is 2.12. The van der Waals surface area contributed by atoms with Crippen molar-refractivity contribution in [2.24, 2.45) is 0 Å². The lowest BCUT2D eigenvalue weighted by Gasteiger charge is -2.28. The van der Waals surface area contributed by atoms with Gasteiger partial charge in [-0.2, -0.15) is 0 Å². The third kappa shape index (κ3) is 6.08. The molecule has 0 radical (unpaired) electrons. The summed E-state index contributed by atoms with van der Waals surface area (Å²) in [5, 5.41) is 24.6. The van der Waals surface area contributed by atoms with E-state index in [4.69, 9.17) is 0 Å². The van der Waals surface area contributed by atoms with Gasteiger partial charge >= 0.3 is 0 Å². The molecule has 2 aromatic carbocycles. The van der Waals surface area contributed by atoms with Crippen LogP contribution in [0, 0.1) is 0 Å². The van der Waals surface area contributed by atoms with Crippen LogP contribution in [-0.4, -0.2) is 22.9 Å². The predicted molar refractivity (Wildman–Crippen MR) is 113 cm³/mol. The molecule has 0 bridgehead atoms. The van der Waals surface area contributed by atoms with Gasteiger partial charge in [-0.15, -0.1) is 0 Å². The molecule has 3 N–H and O–H groups in total. The van der Waals surface area contributed by atoms with Crippen molar-refractivity contribution in [3.63, 3.8) is 0 Å². The van der Waals surface area contributed by atoms with Gasteiger partial charge in [0.25, 0.3) is 0 Å². The zero-order valence-corrected chi connectivity index (χ0v) is 17.6. The Hall–Kier alpha value is -1.84. The molecule has 0 aliphatic carbocycles. The van der Waals surface area contributed by atoms with Crippen LogP contribution in [0.4, 0.5) is 0 Å². The highest BCUT2D eigenvalue weighted by molar-refractivity contribution is 5.50. The van der Waals surface area contributed by atoms with Crippen LogP contribution in [0.5, 0.6) is 5.75 Å². The monoisotopic (exact) mass is 369 g/mol. The number of nitrogens with one attached hydrogen (secondary N) is 1. The van der Waals surface area contributed by atoms with Crippen molar-refractivity contribution in [2.75, 3.05) is 6.54 Å². The van der Waals surface area contributed by atoms with E-state index in [1.807, 2.05) is 30.3 Å². The number of hydrogen-bond donors (Lipinski definition) is 3. The van der Waals surface area contributed by atoms with E-state index in [0.717, 1.165) is 23.2 Å². The van der Waals surface area contributed by atoms with Crippen molar-refractivity contribution in [3.05, 3.63) is 64.7 Å². The minimum atomic E-state index is -0.473. The highest BCUT2D eigenvalue weighted by atomic mass is 16.3. The molecular formula is C24H35NO2. The fourth-order valence-corrected chi connectivity index (χ4v) is 3.28. The molecule has 0 spiro atoms. The van der Waals surface area contributed by atoms with Crippen molar-refractivity contribution in [3.8, 4) is 5.75 Å². The summed E-state index contributed by atoms with van der Waals surface area (Å²) in [5.41, 5.74) is 3.84. The van der Waals surface area contributed by atoms with Crippen LogP contribution in [0.15, 0.2) is 42.5 Å². The van der Waals surface area contributed by atoms with E-state index < -0.39 is 6.10 Å². The first-order valence-corrected chi connectivity index (χ1v) is 9.78. The van der Waals surface area contributed by atoms with Crippen molar-refractivity contribution in [1.82, 2.24) is 5.32 Å². The van der Waals surface area contributed by atoms with Crippen molar-refractivity contribution < 1.29 is 10.2 Å². The topological polar surface area (TPSA) is 52.5 Å². The summed E-state index contributed by atoms with van der Waals surface area (Å²) in [6.07, 6.45) is 0.0905. The highest BCUT2D eigenvalue weighted by Crippen LogP contribution is 2.39. The van der Waals surface area contributed by atoms with Gasteiger partial charge in [-0.1, -0.05) is 84.0 Å². The summed E-state index contributed by atoms with van der Waals surface area (Å²) >= 11 is 0. The normalized spacial score (nSPS) is 13.6. The van der Waals surface area contributed by atoms with Crippen LogP contribution >= 0.6 is 0 Å². The van der Waals surface area contributed by atoms with Gasteiger partial charge in [-0.25, -0.2) is 0 Å². The first-order chi connectivity index (χ1) is 12.5. The van der Waals surface area contributed by atoms with E-state index in [2.05, 4.69) is 59.0 Å². The van der Waals surface area contributed by atoms with Crippen LogP contribution in [0.2, 0.25) is 0 Å². The third-order valence-electron chi connectivity index (χ3n) is 4.81. The lowest BCUT2D eigenvalue weighted by atomic mass is 9.78. The number of hydrogen-bond acceptors (Lipinski definition) is 3. The van der Waals surface area contributed by atoms with Crippen LogP contribution < -0.4 is 5.32 Å². The Kier molecular flexibility index (Phi) is 6.72. The van der Waals surface area contributed by atoms with Gasteiger partial charge in [-0.05, 0) is 39.5 Å². The predicted octanol–water partition coefficient (Wildman–Crippen LogP) is 4.68. The van der Waals surface area contributed by atoms with Gasteiger partial charge < -0.3 is 15.5 Å². The number of aliphatic hydroxyl groups excluding tert-OH is 1. The fourth-order valence-electron chi connectivity index (χ4n) is 3.28. The van der Waals surface area contributed by atoms with Crippen LogP contribution in [0.1, 0.15) is 63.8 Å². The van der Waals surface area contributed by atoms with Gasteiger partial charge in [0.1, 0.15) is 5.75 Å². The molecule has 148 valence electrons. The lowest BCUT2D eigenvalue weighted by Crippen LogP contribution is -2.28. The Morgan fingerprint density at radius 1 is 0.852 bits per heavy atom. The van der Waals surface area contributed by atoms with E-state index in [0.29, 0.717) is 18.7 Å². The van der Waals surface area contributed by atoms with Gasteiger partial charge in [0.05, 0.1) is 6.10 Å². The number of phenolic OH excluding ortho intramolecular Hbond substituents is 1. The Morgan fingerprint density at radius 3 is 1.85 bits per heavy atom. The standard InChI is InChI=1S/C24H35NO2/c1-23(2,3)20-13-18(14-21(22(20)27)24(4,5)6)12-19(26)16-25-15-17-10-8-7-9-11-17/h7-11,13-14,19,25-27H,12,15-16H2,1-6H3/t19-/m1/s1. The third-order valence-corrected chi connectivity index (χ3v) is 4.81. The Bertz CT molecular complexity index is 704. The second-order valence-corrected chi connectivity index (χ2v) is 9.51. The number of aliphatic hydroxyl groups is 1. The zero-order chi connectivity index (χ0) is 20.2. The summed E-state index contributed by atoms with van der Waals surface area (Å²) in [7, 11) is 0. The van der Waals surface area contributed by atoms with Crippen LogP contribution in [0.3, 0.4) is 0 Å². The maximum Gasteiger partial charge on any atom is 0.123 e. The largest absolute Gasteiger partial charge is 0.507 e. The van der Waals surface area contributed by atoms with Crippen LogP contribution in [0.25, 0.3) is 0 Å². The van der Waals surface area contributed by atoms with Crippen molar-refractivity contribution in [2.45, 2.75) is 71.4 Å². The molecule has 27 heavy (non-hydrogen) atoms. The Morgan fingerprint density at radius 2 is 1.37 bits per heavy atom. The van der Waals surface area contributed by atoms with E-state index in [-0.39, 0.29) is 10.8 Å². The summed E-state index contributed by atoms with van der Waals surface area (Å²) in [6, 6.07) is 14.3. The van der Waals surface area contributed by atoms with Crippen molar-refractivity contribution >= 4 is 0 Å². The minimum Gasteiger partial charge on any atom is -0.507 e. The summed E-state index contributed by atoms with van der Waals surface area (Å²) in [4.78, 5) is 0. The molecule has 0 unspecified atom stereocenters. The molecule has 0 amide bonds. The molecule has 0 aliphatic rings. The zero-order valence-electron chi connectivity index (χ0n) is 17.6. The molecule has 0 aliphatic heterocycles. The van der Waals surface area contributed by atoms with Gasteiger partial charge in [-0.3, -0.25) is 0 Å². The number of aromatic hydroxyl groups is 1. The van der Waals surface area contributed by atoms with Crippen LogP contribution in [-0.2, 0) is 23.8 Å². The molecular weight excluding hydrogens is 334 g/mol. The number of benzene rings is 2. The van der Waals surface area contributed by atoms with E-state index in [9.17, 15) is 10.2 Å². The molecule has 0 aromatic heterocycles. The first-order valence-electron chi connectivity index (χ1n) is 9.78. The average molecular weight is 370 g/mol. The number of rotatable bonds is 6. The lowest BCUT2D eigenvalue weighted by molar-refractivity contribution is 0.171. The summed E-state index contributed by atoms with van der Waals surface area (Å²) < 4.78 is 0. The maximum atomic E-state index is 10.8. The fraction of sp³-hybridized carbons (Fsp3) is 0.500. The average Bonchev–Trinajstić information content (AvgIpc) is 2.55. The Labute approximate surface area is 164 Å². The smallest absolute Gasteiger partial charge is 0.123 e. The van der Waals surface area contributed by atoms with Gasteiger partial charge in [0, 0.05) is 13.1 Å². The first kappa shape index (κ1) is 21.5. The molecule has 2 rings (SSSR count). The number of phenols is 1. The molecule has 0 fully saturated rings. The van der Waals surface area contributed by atoms with E-state index in [1.165, 1.54) is 5.56 Å². The minimum absolute atomic E-state index is 0.156. The van der Waals surface area contributed by atoms with Crippen molar-refractivity contribution in [1.29, 1.82) is 0 Å².